The number of rotatable bonds is 5. The lowest BCUT2D eigenvalue weighted by molar-refractivity contribution is -0.131. The molecule has 0 aromatic heterocycles. The first-order valence-corrected chi connectivity index (χ1v) is 6.27. The molecule has 0 spiro atoms. The van der Waals surface area contributed by atoms with Gasteiger partial charge in [0.2, 0.25) is 5.91 Å². The molecule has 16 heavy (non-hydrogen) atoms. The third-order valence-electron chi connectivity index (χ3n) is 3.16. The van der Waals surface area contributed by atoms with E-state index in [9.17, 15) is 4.79 Å². The van der Waals surface area contributed by atoms with Crippen molar-refractivity contribution in [1.29, 1.82) is 0 Å². The fraction of sp³-hybridized carbons (Fsp3) is 0.917. The molecule has 4 heteroatoms. The Morgan fingerprint density at radius 2 is 2.31 bits per heavy atom. The Bertz CT molecular complexity index is 230. The van der Waals surface area contributed by atoms with E-state index in [1.807, 2.05) is 4.90 Å². The average Bonchev–Trinajstić information content (AvgIpc) is 2.65. The van der Waals surface area contributed by atoms with Crippen LogP contribution in [0.25, 0.3) is 0 Å². The molecule has 0 radical (unpaired) electrons. The minimum absolute atomic E-state index is 0.0978. The lowest BCUT2D eigenvalue weighted by atomic mass is 10.1. The number of carbonyl (C=O) groups excluding carboxylic acids is 1. The Morgan fingerprint density at radius 3 is 2.88 bits per heavy atom. The van der Waals surface area contributed by atoms with Gasteiger partial charge in [0.05, 0.1) is 6.04 Å². The number of nitrogens with two attached hydrogens (primary N) is 1. The fourth-order valence-electron chi connectivity index (χ4n) is 2.38. The van der Waals surface area contributed by atoms with Gasteiger partial charge in [0.1, 0.15) is 0 Å². The zero-order valence-electron chi connectivity index (χ0n) is 10.8. The highest BCUT2D eigenvalue weighted by molar-refractivity contribution is 5.81. The van der Waals surface area contributed by atoms with Gasteiger partial charge in [-0.25, -0.2) is 0 Å². The monoisotopic (exact) mass is 227 g/mol. The zero-order valence-corrected chi connectivity index (χ0v) is 10.8. The van der Waals surface area contributed by atoms with Gasteiger partial charge in [-0.05, 0) is 39.3 Å². The van der Waals surface area contributed by atoms with E-state index < -0.39 is 0 Å². The smallest absolute Gasteiger partial charge is 0.239 e. The van der Waals surface area contributed by atoms with Crippen molar-refractivity contribution in [3.8, 4) is 0 Å². The molecule has 94 valence electrons. The zero-order chi connectivity index (χ0) is 12.1. The van der Waals surface area contributed by atoms with Crippen LogP contribution in [0, 0.1) is 5.92 Å². The van der Waals surface area contributed by atoms with Gasteiger partial charge in [-0.1, -0.05) is 6.92 Å². The van der Waals surface area contributed by atoms with Crippen LogP contribution in [0.3, 0.4) is 0 Å². The van der Waals surface area contributed by atoms with Gasteiger partial charge >= 0.3 is 0 Å². The number of hydrogen-bond donors (Lipinski definition) is 1. The lowest BCUT2D eigenvalue weighted by Gasteiger charge is -2.21. The Hall–Kier alpha value is -0.610. The van der Waals surface area contributed by atoms with E-state index in [-0.39, 0.29) is 11.9 Å². The Morgan fingerprint density at radius 1 is 1.62 bits per heavy atom. The maximum absolute atomic E-state index is 11.7. The second-order valence-corrected chi connectivity index (χ2v) is 4.99. The quantitative estimate of drug-likeness (QED) is 0.745. The maximum Gasteiger partial charge on any atom is 0.239 e. The van der Waals surface area contributed by atoms with Crippen LogP contribution in [0.2, 0.25) is 0 Å². The van der Waals surface area contributed by atoms with E-state index in [4.69, 9.17) is 5.73 Å². The van der Waals surface area contributed by atoms with Crippen molar-refractivity contribution in [2.24, 2.45) is 11.7 Å². The summed E-state index contributed by atoms with van der Waals surface area (Å²) in [6, 6.07) is -0.355. The minimum Gasteiger partial charge on any atom is -0.341 e. The molecule has 1 saturated heterocycles. The molecule has 1 heterocycles. The summed E-state index contributed by atoms with van der Waals surface area (Å²) >= 11 is 0. The van der Waals surface area contributed by atoms with E-state index in [0.29, 0.717) is 5.92 Å². The number of likely N-dealkylation sites (tertiary alicyclic amines) is 1. The molecular formula is C12H25N3O. The van der Waals surface area contributed by atoms with Gasteiger partial charge in [0.25, 0.3) is 0 Å². The summed E-state index contributed by atoms with van der Waals surface area (Å²) in [5, 5.41) is 0. The molecule has 0 saturated carbocycles. The summed E-state index contributed by atoms with van der Waals surface area (Å²) in [7, 11) is 2.15. The van der Waals surface area contributed by atoms with Gasteiger partial charge in [0, 0.05) is 19.6 Å². The van der Waals surface area contributed by atoms with Crippen LogP contribution >= 0.6 is 0 Å². The summed E-state index contributed by atoms with van der Waals surface area (Å²) in [4.78, 5) is 16.0. The molecule has 1 aliphatic heterocycles. The van der Waals surface area contributed by atoms with Crippen LogP contribution in [-0.2, 0) is 4.79 Å². The molecule has 1 aliphatic rings. The van der Waals surface area contributed by atoms with E-state index in [1.54, 1.807) is 6.92 Å². The molecule has 1 fully saturated rings. The van der Waals surface area contributed by atoms with Crippen molar-refractivity contribution < 1.29 is 4.79 Å². The van der Waals surface area contributed by atoms with E-state index in [1.165, 1.54) is 6.42 Å². The first-order chi connectivity index (χ1) is 7.54. The van der Waals surface area contributed by atoms with Crippen LogP contribution in [0.1, 0.15) is 26.7 Å². The highest BCUT2D eigenvalue weighted by Crippen LogP contribution is 2.17. The summed E-state index contributed by atoms with van der Waals surface area (Å²) < 4.78 is 0. The van der Waals surface area contributed by atoms with Crippen molar-refractivity contribution in [3.05, 3.63) is 0 Å². The predicted molar refractivity (Wildman–Crippen MR) is 66.1 cm³/mol. The molecule has 0 aliphatic carbocycles. The van der Waals surface area contributed by atoms with Crippen molar-refractivity contribution in [1.82, 2.24) is 9.80 Å². The topological polar surface area (TPSA) is 49.6 Å². The van der Waals surface area contributed by atoms with Gasteiger partial charge in [0.15, 0.2) is 0 Å². The maximum atomic E-state index is 11.7. The van der Waals surface area contributed by atoms with E-state index in [0.717, 1.165) is 32.6 Å². The third kappa shape index (κ3) is 3.76. The normalized spacial score (nSPS) is 22.8. The summed E-state index contributed by atoms with van der Waals surface area (Å²) in [6.45, 7) is 7.95. The molecule has 2 atom stereocenters. The summed E-state index contributed by atoms with van der Waals surface area (Å²) in [6.07, 6.45) is 2.30. The molecule has 0 aromatic carbocycles. The second kappa shape index (κ2) is 6.21. The number of nitrogens with zero attached hydrogens (tertiary/aromatic N) is 2. The van der Waals surface area contributed by atoms with Crippen molar-refractivity contribution in [2.75, 3.05) is 33.2 Å². The molecule has 4 nitrogen and oxygen atoms in total. The van der Waals surface area contributed by atoms with Gasteiger partial charge in [-0.15, -0.1) is 0 Å². The van der Waals surface area contributed by atoms with Crippen LogP contribution in [0.4, 0.5) is 0 Å². The van der Waals surface area contributed by atoms with Crippen molar-refractivity contribution >= 4 is 5.91 Å². The largest absolute Gasteiger partial charge is 0.341 e. The van der Waals surface area contributed by atoms with Gasteiger partial charge in [-0.3, -0.25) is 4.79 Å². The molecular weight excluding hydrogens is 202 g/mol. The van der Waals surface area contributed by atoms with Gasteiger partial charge < -0.3 is 15.5 Å². The average molecular weight is 227 g/mol. The first kappa shape index (κ1) is 13.5. The molecule has 2 N–H and O–H groups in total. The predicted octanol–water partition coefficient (Wildman–Crippen LogP) is 0.524. The number of amides is 1. The molecule has 0 bridgehead atoms. The van der Waals surface area contributed by atoms with Crippen molar-refractivity contribution in [2.45, 2.75) is 32.7 Å². The molecule has 2 unspecified atom stereocenters. The van der Waals surface area contributed by atoms with Crippen LogP contribution in [-0.4, -0.2) is 55.0 Å². The first-order valence-electron chi connectivity index (χ1n) is 6.27. The highest BCUT2D eigenvalue weighted by atomic mass is 16.2. The Labute approximate surface area is 98.8 Å². The number of carbonyl (C=O) groups is 1. The van der Waals surface area contributed by atoms with Crippen LogP contribution in [0.15, 0.2) is 0 Å². The SMILES string of the molecule is CCCN(C)CC1CCN(C(=O)C(C)N)C1. The summed E-state index contributed by atoms with van der Waals surface area (Å²) in [5.74, 6) is 0.722. The lowest BCUT2D eigenvalue weighted by Crippen LogP contribution is -2.41. The standard InChI is InChI=1S/C12H25N3O/c1-4-6-14(3)8-11-5-7-15(9-11)12(16)10(2)13/h10-11H,4-9,13H2,1-3H3. The molecule has 1 amide bonds. The van der Waals surface area contributed by atoms with Crippen molar-refractivity contribution in [3.63, 3.8) is 0 Å². The van der Waals surface area contributed by atoms with E-state index in [2.05, 4.69) is 18.9 Å². The number of hydrogen-bond acceptors (Lipinski definition) is 3. The minimum atomic E-state index is -0.355. The molecule has 1 rings (SSSR count). The molecule has 0 aromatic rings. The fourth-order valence-corrected chi connectivity index (χ4v) is 2.38. The highest BCUT2D eigenvalue weighted by Gasteiger charge is 2.28. The van der Waals surface area contributed by atoms with E-state index >= 15 is 0 Å². The Kier molecular flexibility index (Phi) is 5.22. The summed E-state index contributed by atoms with van der Waals surface area (Å²) in [5.41, 5.74) is 5.61. The van der Waals surface area contributed by atoms with Gasteiger partial charge in [-0.2, -0.15) is 0 Å². The Balaban J connectivity index is 2.32. The third-order valence-corrected chi connectivity index (χ3v) is 3.16. The second-order valence-electron chi connectivity index (χ2n) is 4.99. The van der Waals surface area contributed by atoms with Crippen LogP contribution < -0.4 is 5.73 Å². The van der Waals surface area contributed by atoms with Crippen LogP contribution in [0.5, 0.6) is 0 Å².